The molecule has 1 saturated carbocycles. The summed E-state index contributed by atoms with van der Waals surface area (Å²) in [6.45, 7) is 2.01. The first kappa shape index (κ1) is 9.66. The average Bonchev–Trinajstić information content (AvgIpc) is 2.12. The van der Waals surface area contributed by atoms with Crippen LogP contribution in [0.15, 0.2) is 18.5 Å². The smallest absolute Gasteiger partial charge is 0.0796 e. The van der Waals surface area contributed by atoms with Gasteiger partial charge in [0.05, 0.1) is 6.10 Å². The van der Waals surface area contributed by atoms with Crippen molar-refractivity contribution in [2.75, 3.05) is 0 Å². The maximum atomic E-state index is 10.0. The van der Waals surface area contributed by atoms with Crippen LogP contribution in [0.3, 0.4) is 0 Å². The third-order valence-corrected chi connectivity index (χ3v) is 3.20. The molecule has 1 aromatic heterocycles. The van der Waals surface area contributed by atoms with E-state index in [1.54, 1.807) is 6.20 Å². The topological polar surface area (TPSA) is 33.1 Å². The lowest BCUT2D eigenvalue weighted by Crippen LogP contribution is -2.15. The van der Waals surface area contributed by atoms with Gasteiger partial charge in [0.15, 0.2) is 0 Å². The minimum absolute atomic E-state index is 0.289. The zero-order valence-electron chi connectivity index (χ0n) is 8.61. The number of aryl methyl sites for hydroxylation is 1. The highest BCUT2D eigenvalue weighted by Gasteiger charge is 2.22. The van der Waals surface area contributed by atoms with Gasteiger partial charge in [-0.25, -0.2) is 0 Å². The third kappa shape index (κ3) is 1.95. The molecule has 0 bridgehead atoms. The van der Waals surface area contributed by atoms with Gasteiger partial charge in [0, 0.05) is 12.4 Å². The zero-order valence-corrected chi connectivity index (χ0v) is 8.61. The largest absolute Gasteiger partial charge is 0.388 e. The van der Waals surface area contributed by atoms with Crippen LogP contribution in [0.4, 0.5) is 0 Å². The number of pyridine rings is 1. The summed E-state index contributed by atoms with van der Waals surface area (Å²) in [6.07, 6.45) is 8.13. The molecule has 1 atom stereocenters. The van der Waals surface area contributed by atoms with Crippen LogP contribution in [0.2, 0.25) is 0 Å². The second kappa shape index (κ2) is 4.09. The van der Waals surface area contributed by atoms with E-state index in [9.17, 15) is 5.11 Å². The minimum Gasteiger partial charge on any atom is -0.388 e. The number of aromatic nitrogens is 1. The SMILES string of the molecule is Cc1cnccc1C(O)CC1CCC1. The molecule has 0 amide bonds. The Morgan fingerprint density at radius 2 is 2.36 bits per heavy atom. The number of rotatable bonds is 3. The molecule has 1 aliphatic carbocycles. The van der Waals surface area contributed by atoms with Crippen LogP contribution in [-0.4, -0.2) is 10.1 Å². The van der Waals surface area contributed by atoms with E-state index in [4.69, 9.17) is 0 Å². The first-order valence-electron chi connectivity index (χ1n) is 5.36. The van der Waals surface area contributed by atoms with Gasteiger partial charge < -0.3 is 5.11 Å². The first-order valence-corrected chi connectivity index (χ1v) is 5.36. The summed E-state index contributed by atoms with van der Waals surface area (Å²) < 4.78 is 0. The number of aliphatic hydroxyl groups excluding tert-OH is 1. The maximum Gasteiger partial charge on any atom is 0.0796 e. The van der Waals surface area contributed by atoms with Gasteiger partial charge in [0.1, 0.15) is 0 Å². The zero-order chi connectivity index (χ0) is 9.97. The van der Waals surface area contributed by atoms with E-state index in [1.807, 2.05) is 19.2 Å². The quantitative estimate of drug-likeness (QED) is 0.796. The Kier molecular flexibility index (Phi) is 2.82. The van der Waals surface area contributed by atoms with Crippen LogP contribution >= 0.6 is 0 Å². The molecule has 0 aromatic carbocycles. The van der Waals surface area contributed by atoms with Crippen LogP contribution in [0.5, 0.6) is 0 Å². The highest BCUT2D eigenvalue weighted by atomic mass is 16.3. The molecule has 0 radical (unpaired) electrons. The fourth-order valence-corrected chi connectivity index (χ4v) is 2.03. The van der Waals surface area contributed by atoms with Crippen molar-refractivity contribution < 1.29 is 5.11 Å². The van der Waals surface area contributed by atoms with Crippen molar-refractivity contribution in [2.45, 2.75) is 38.7 Å². The van der Waals surface area contributed by atoms with Crippen molar-refractivity contribution in [3.63, 3.8) is 0 Å². The predicted molar refractivity (Wildman–Crippen MR) is 55.9 cm³/mol. The Hall–Kier alpha value is -0.890. The fourth-order valence-electron chi connectivity index (χ4n) is 2.03. The van der Waals surface area contributed by atoms with Gasteiger partial charge in [-0.1, -0.05) is 19.3 Å². The summed E-state index contributed by atoms with van der Waals surface area (Å²) in [6, 6.07) is 1.93. The van der Waals surface area contributed by atoms with E-state index >= 15 is 0 Å². The Morgan fingerprint density at radius 1 is 1.57 bits per heavy atom. The standard InChI is InChI=1S/C12H17NO/c1-9-8-13-6-5-11(9)12(14)7-10-3-2-4-10/h5-6,8,10,12,14H,2-4,7H2,1H3. The van der Waals surface area contributed by atoms with Crippen molar-refractivity contribution in [1.82, 2.24) is 4.98 Å². The van der Waals surface area contributed by atoms with Gasteiger partial charge in [-0.3, -0.25) is 4.98 Å². The van der Waals surface area contributed by atoms with E-state index in [1.165, 1.54) is 19.3 Å². The highest BCUT2D eigenvalue weighted by Crippen LogP contribution is 2.35. The molecule has 0 saturated heterocycles. The molecule has 76 valence electrons. The molecule has 0 aliphatic heterocycles. The Balaban J connectivity index is 2.02. The van der Waals surface area contributed by atoms with E-state index in [0.717, 1.165) is 23.5 Å². The van der Waals surface area contributed by atoms with Crippen molar-refractivity contribution in [1.29, 1.82) is 0 Å². The van der Waals surface area contributed by atoms with E-state index in [-0.39, 0.29) is 6.10 Å². The molecule has 2 nitrogen and oxygen atoms in total. The number of aliphatic hydroxyl groups is 1. The summed E-state index contributed by atoms with van der Waals surface area (Å²) in [5.74, 6) is 0.748. The summed E-state index contributed by atoms with van der Waals surface area (Å²) in [4.78, 5) is 4.03. The molecule has 1 heterocycles. The number of nitrogens with zero attached hydrogens (tertiary/aromatic N) is 1. The Morgan fingerprint density at radius 3 is 2.93 bits per heavy atom. The lowest BCUT2D eigenvalue weighted by molar-refractivity contribution is 0.118. The normalized spacial score (nSPS) is 19.0. The molecule has 1 fully saturated rings. The van der Waals surface area contributed by atoms with Gasteiger partial charge in [-0.05, 0) is 36.5 Å². The van der Waals surface area contributed by atoms with Crippen LogP contribution in [0.1, 0.15) is 42.9 Å². The average molecular weight is 191 g/mol. The summed E-state index contributed by atoms with van der Waals surface area (Å²) in [5.41, 5.74) is 2.14. The van der Waals surface area contributed by atoms with Crippen LogP contribution in [-0.2, 0) is 0 Å². The lowest BCUT2D eigenvalue weighted by atomic mass is 9.80. The molecule has 1 unspecified atom stereocenters. The maximum absolute atomic E-state index is 10.0. The second-order valence-electron chi connectivity index (χ2n) is 4.28. The van der Waals surface area contributed by atoms with Crippen molar-refractivity contribution in [2.24, 2.45) is 5.92 Å². The number of hydrogen-bond donors (Lipinski definition) is 1. The predicted octanol–water partition coefficient (Wildman–Crippen LogP) is 2.61. The Bertz CT molecular complexity index is 307. The minimum atomic E-state index is -0.289. The van der Waals surface area contributed by atoms with Crippen LogP contribution in [0.25, 0.3) is 0 Å². The second-order valence-corrected chi connectivity index (χ2v) is 4.28. The van der Waals surface area contributed by atoms with Crippen LogP contribution < -0.4 is 0 Å². The third-order valence-electron chi connectivity index (χ3n) is 3.20. The van der Waals surface area contributed by atoms with Crippen molar-refractivity contribution >= 4 is 0 Å². The first-order chi connectivity index (χ1) is 6.77. The molecule has 1 N–H and O–H groups in total. The monoisotopic (exact) mass is 191 g/mol. The van der Waals surface area contributed by atoms with Gasteiger partial charge in [0.2, 0.25) is 0 Å². The molecule has 1 aromatic rings. The molecule has 14 heavy (non-hydrogen) atoms. The van der Waals surface area contributed by atoms with Crippen LogP contribution in [0, 0.1) is 12.8 Å². The highest BCUT2D eigenvalue weighted by molar-refractivity contribution is 5.23. The molecule has 0 spiro atoms. The van der Waals surface area contributed by atoms with Gasteiger partial charge in [-0.15, -0.1) is 0 Å². The molecule has 2 heteroatoms. The van der Waals surface area contributed by atoms with Gasteiger partial charge in [-0.2, -0.15) is 0 Å². The fraction of sp³-hybridized carbons (Fsp3) is 0.583. The summed E-state index contributed by atoms with van der Waals surface area (Å²) >= 11 is 0. The molecule has 1 aliphatic rings. The Labute approximate surface area is 85.0 Å². The molecular formula is C12H17NO. The lowest BCUT2D eigenvalue weighted by Gasteiger charge is -2.28. The van der Waals surface area contributed by atoms with E-state index in [2.05, 4.69) is 4.98 Å². The molecule has 2 rings (SSSR count). The van der Waals surface area contributed by atoms with E-state index < -0.39 is 0 Å². The number of hydrogen-bond acceptors (Lipinski definition) is 2. The van der Waals surface area contributed by atoms with Crippen molar-refractivity contribution in [3.8, 4) is 0 Å². The van der Waals surface area contributed by atoms with Gasteiger partial charge in [0.25, 0.3) is 0 Å². The summed E-state index contributed by atoms with van der Waals surface area (Å²) in [5, 5.41) is 10.0. The summed E-state index contributed by atoms with van der Waals surface area (Å²) in [7, 11) is 0. The van der Waals surface area contributed by atoms with Gasteiger partial charge >= 0.3 is 0 Å². The molecular weight excluding hydrogens is 174 g/mol. The van der Waals surface area contributed by atoms with E-state index in [0.29, 0.717) is 0 Å². The van der Waals surface area contributed by atoms with Crippen molar-refractivity contribution in [3.05, 3.63) is 29.6 Å².